The number of piperidine rings is 1. The van der Waals surface area contributed by atoms with Crippen LogP contribution in [-0.2, 0) is 0 Å². The standard InChI is InChI=1S/C20H27N5O2/c26-19-7-10-25(20(27)22-19)18-3-1-17(2-4-18)24-13-11-23(12-14-24)15-16-5-8-21-9-6-16/h1-4,7,10,16,21H,5-6,8-9,11-15H2,(H,22,26,27). The molecule has 3 heterocycles. The van der Waals surface area contributed by atoms with Crippen LogP contribution in [0.1, 0.15) is 12.8 Å². The summed E-state index contributed by atoms with van der Waals surface area (Å²) < 4.78 is 1.45. The third kappa shape index (κ3) is 4.31. The highest BCUT2D eigenvalue weighted by Crippen LogP contribution is 2.20. The van der Waals surface area contributed by atoms with E-state index in [9.17, 15) is 9.59 Å². The molecule has 1 aromatic carbocycles. The molecule has 144 valence electrons. The van der Waals surface area contributed by atoms with Crippen LogP contribution in [0.15, 0.2) is 46.1 Å². The number of H-pyrrole nitrogens is 1. The Labute approximate surface area is 158 Å². The number of benzene rings is 1. The first-order valence-corrected chi connectivity index (χ1v) is 9.79. The second-order valence-electron chi connectivity index (χ2n) is 7.48. The molecular weight excluding hydrogens is 342 g/mol. The molecule has 2 aliphatic heterocycles. The van der Waals surface area contributed by atoms with Crippen LogP contribution in [0, 0.1) is 5.92 Å². The lowest BCUT2D eigenvalue weighted by atomic mass is 9.97. The third-order valence-electron chi connectivity index (χ3n) is 5.66. The Hall–Kier alpha value is -2.38. The summed E-state index contributed by atoms with van der Waals surface area (Å²) in [6, 6.07) is 9.31. The van der Waals surface area contributed by atoms with Crippen molar-refractivity contribution in [3.05, 3.63) is 57.4 Å². The average Bonchev–Trinajstić information content (AvgIpc) is 2.70. The van der Waals surface area contributed by atoms with Gasteiger partial charge in [0.2, 0.25) is 0 Å². The van der Waals surface area contributed by atoms with Gasteiger partial charge in [-0.15, -0.1) is 0 Å². The molecular formula is C20H27N5O2. The van der Waals surface area contributed by atoms with E-state index >= 15 is 0 Å². The highest BCUT2D eigenvalue weighted by Gasteiger charge is 2.21. The highest BCUT2D eigenvalue weighted by atomic mass is 16.2. The van der Waals surface area contributed by atoms with Gasteiger partial charge in [-0.3, -0.25) is 19.2 Å². The minimum Gasteiger partial charge on any atom is -0.369 e. The molecule has 0 aliphatic carbocycles. The lowest BCUT2D eigenvalue weighted by Gasteiger charge is -2.38. The van der Waals surface area contributed by atoms with Crippen molar-refractivity contribution in [1.82, 2.24) is 19.8 Å². The molecule has 4 rings (SSSR count). The number of nitrogens with one attached hydrogen (secondary N) is 2. The van der Waals surface area contributed by atoms with Crippen molar-refractivity contribution < 1.29 is 0 Å². The number of anilines is 1. The van der Waals surface area contributed by atoms with E-state index in [2.05, 4.69) is 32.2 Å². The van der Waals surface area contributed by atoms with Gasteiger partial charge in [0.05, 0.1) is 5.69 Å². The molecule has 2 N–H and O–H groups in total. The predicted octanol–water partition coefficient (Wildman–Crippen LogP) is 0.647. The Morgan fingerprint density at radius 3 is 2.22 bits per heavy atom. The molecule has 0 saturated carbocycles. The molecule has 0 atom stereocenters. The van der Waals surface area contributed by atoms with Crippen LogP contribution >= 0.6 is 0 Å². The Bertz CT molecular complexity index is 859. The molecule has 2 aromatic rings. The smallest absolute Gasteiger partial charge is 0.332 e. The van der Waals surface area contributed by atoms with Crippen LogP contribution in [0.3, 0.4) is 0 Å². The molecule has 7 nitrogen and oxygen atoms in total. The van der Waals surface area contributed by atoms with Crippen molar-refractivity contribution in [2.45, 2.75) is 12.8 Å². The Morgan fingerprint density at radius 2 is 1.56 bits per heavy atom. The molecule has 1 aromatic heterocycles. The van der Waals surface area contributed by atoms with Gasteiger partial charge in [0.25, 0.3) is 5.56 Å². The Morgan fingerprint density at radius 1 is 0.889 bits per heavy atom. The van der Waals surface area contributed by atoms with Crippen LogP contribution in [0.25, 0.3) is 5.69 Å². The fraction of sp³-hybridized carbons (Fsp3) is 0.500. The van der Waals surface area contributed by atoms with Crippen molar-refractivity contribution in [1.29, 1.82) is 0 Å². The zero-order chi connectivity index (χ0) is 18.6. The highest BCUT2D eigenvalue weighted by molar-refractivity contribution is 5.51. The molecule has 2 aliphatic rings. The molecule has 0 amide bonds. The van der Waals surface area contributed by atoms with E-state index < -0.39 is 5.69 Å². The summed E-state index contributed by atoms with van der Waals surface area (Å²) in [5.74, 6) is 0.840. The van der Waals surface area contributed by atoms with E-state index in [1.54, 1.807) is 0 Å². The number of aromatic amines is 1. The first kappa shape index (κ1) is 18.0. The van der Waals surface area contributed by atoms with Crippen LogP contribution < -0.4 is 21.5 Å². The first-order chi connectivity index (χ1) is 13.2. The van der Waals surface area contributed by atoms with Gasteiger partial charge in [-0.05, 0) is 56.1 Å². The third-order valence-corrected chi connectivity index (χ3v) is 5.66. The average molecular weight is 369 g/mol. The Balaban J connectivity index is 1.36. The van der Waals surface area contributed by atoms with Crippen molar-refractivity contribution in [2.75, 3.05) is 50.7 Å². The van der Waals surface area contributed by atoms with Gasteiger partial charge < -0.3 is 10.2 Å². The van der Waals surface area contributed by atoms with Gasteiger partial charge >= 0.3 is 5.69 Å². The maximum atomic E-state index is 11.9. The summed E-state index contributed by atoms with van der Waals surface area (Å²) in [4.78, 5) is 30.4. The van der Waals surface area contributed by atoms with Crippen LogP contribution in [0.5, 0.6) is 0 Å². The topological polar surface area (TPSA) is 73.4 Å². The number of hydrogen-bond acceptors (Lipinski definition) is 5. The van der Waals surface area contributed by atoms with E-state index in [1.807, 2.05) is 12.1 Å². The van der Waals surface area contributed by atoms with E-state index in [4.69, 9.17) is 0 Å². The van der Waals surface area contributed by atoms with Gasteiger partial charge in [0.1, 0.15) is 0 Å². The number of hydrogen-bond donors (Lipinski definition) is 2. The minimum absolute atomic E-state index is 0.379. The van der Waals surface area contributed by atoms with Gasteiger partial charge in [-0.1, -0.05) is 0 Å². The lowest BCUT2D eigenvalue weighted by Crippen LogP contribution is -2.48. The fourth-order valence-electron chi connectivity index (χ4n) is 4.06. The predicted molar refractivity (Wildman–Crippen MR) is 107 cm³/mol. The minimum atomic E-state index is -0.415. The van der Waals surface area contributed by atoms with Gasteiger partial charge in [-0.2, -0.15) is 0 Å². The number of rotatable bonds is 4. The summed E-state index contributed by atoms with van der Waals surface area (Å²) in [6.45, 7) is 7.82. The summed E-state index contributed by atoms with van der Waals surface area (Å²) in [5.41, 5.74) is 1.14. The Kier molecular flexibility index (Phi) is 5.40. The van der Waals surface area contributed by atoms with E-state index in [-0.39, 0.29) is 5.56 Å². The van der Waals surface area contributed by atoms with Gasteiger partial charge in [0.15, 0.2) is 0 Å². The van der Waals surface area contributed by atoms with Crippen LogP contribution in [0.4, 0.5) is 5.69 Å². The monoisotopic (exact) mass is 369 g/mol. The molecule has 0 radical (unpaired) electrons. The van der Waals surface area contributed by atoms with Gasteiger partial charge in [-0.25, -0.2) is 4.79 Å². The molecule has 7 heteroatoms. The van der Waals surface area contributed by atoms with Crippen LogP contribution in [-0.4, -0.2) is 60.3 Å². The van der Waals surface area contributed by atoms with Gasteiger partial charge in [0, 0.05) is 50.7 Å². The molecule has 27 heavy (non-hydrogen) atoms. The number of piperazine rings is 1. The number of aromatic nitrogens is 2. The zero-order valence-electron chi connectivity index (χ0n) is 15.6. The second kappa shape index (κ2) is 8.10. The summed E-state index contributed by atoms with van der Waals surface area (Å²) in [7, 11) is 0. The van der Waals surface area contributed by atoms with E-state index in [0.29, 0.717) is 0 Å². The summed E-state index contributed by atoms with van der Waals surface area (Å²) in [6.07, 6.45) is 4.10. The van der Waals surface area contributed by atoms with Crippen molar-refractivity contribution in [2.24, 2.45) is 5.92 Å². The van der Waals surface area contributed by atoms with Crippen LogP contribution in [0.2, 0.25) is 0 Å². The van der Waals surface area contributed by atoms with Crippen molar-refractivity contribution in [3.8, 4) is 5.69 Å². The molecule has 0 spiro atoms. The quantitative estimate of drug-likeness (QED) is 0.828. The molecule has 0 unspecified atom stereocenters. The first-order valence-electron chi connectivity index (χ1n) is 9.79. The zero-order valence-corrected chi connectivity index (χ0v) is 15.6. The summed E-state index contributed by atoms with van der Waals surface area (Å²) in [5, 5.41) is 3.44. The molecule has 0 bridgehead atoms. The van der Waals surface area contributed by atoms with E-state index in [1.165, 1.54) is 41.9 Å². The van der Waals surface area contributed by atoms with E-state index in [0.717, 1.165) is 50.9 Å². The fourth-order valence-corrected chi connectivity index (χ4v) is 4.06. The maximum Gasteiger partial charge on any atom is 0.332 e. The normalized spacial score (nSPS) is 19.3. The second-order valence-corrected chi connectivity index (χ2v) is 7.48. The molecule has 2 saturated heterocycles. The SMILES string of the molecule is O=c1ccn(-c2ccc(N3CCN(CC4CCNCC4)CC3)cc2)c(=O)[nH]1. The maximum absolute atomic E-state index is 11.9. The molecule has 2 fully saturated rings. The summed E-state index contributed by atoms with van der Waals surface area (Å²) >= 11 is 0. The van der Waals surface area contributed by atoms with Crippen molar-refractivity contribution in [3.63, 3.8) is 0 Å². The van der Waals surface area contributed by atoms with Crippen molar-refractivity contribution >= 4 is 5.69 Å². The largest absolute Gasteiger partial charge is 0.369 e. The number of nitrogens with zero attached hydrogens (tertiary/aromatic N) is 3. The lowest BCUT2D eigenvalue weighted by molar-refractivity contribution is 0.196.